The van der Waals surface area contributed by atoms with Gasteiger partial charge in [-0.3, -0.25) is 0 Å². The zero-order chi connectivity index (χ0) is 37.8. The molecule has 0 aliphatic carbocycles. The van der Waals surface area contributed by atoms with Gasteiger partial charge in [-0.25, -0.2) is 0 Å². The third-order valence-corrected chi connectivity index (χ3v) is 11.0. The van der Waals surface area contributed by atoms with Gasteiger partial charge in [0.05, 0.1) is 11.4 Å². The lowest BCUT2D eigenvalue weighted by atomic mass is 9.33. The van der Waals surface area contributed by atoms with E-state index < -0.39 is 0 Å². The minimum absolute atomic E-state index is 0.0157. The first-order valence-corrected chi connectivity index (χ1v) is 19.2. The molecule has 2 aliphatic heterocycles. The molecule has 0 unspecified atom stereocenters. The van der Waals surface area contributed by atoms with Gasteiger partial charge in [0.1, 0.15) is 0 Å². The van der Waals surface area contributed by atoms with Crippen molar-refractivity contribution in [1.82, 2.24) is 0 Å². The van der Waals surface area contributed by atoms with Crippen LogP contribution in [0.3, 0.4) is 0 Å². The Morgan fingerprint density at radius 1 is 0.537 bits per heavy atom. The van der Waals surface area contributed by atoms with Crippen molar-refractivity contribution in [3.63, 3.8) is 0 Å². The van der Waals surface area contributed by atoms with Crippen LogP contribution in [-0.4, -0.2) is 6.71 Å². The molecule has 0 bridgehead atoms. The van der Waals surface area contributed by atoms with Crippen LogP contribution in [0.5, 0.6) is 0 Å². The second kappa shape index (κ2) is 13.6. The number of anilines is 6. The van der Waals surface area contributed by atoms with Crippen molar-refractivity contribution >= 4 is 62.8 Å². The highest BCUT2D eigenvalue weighted by molar-refractivity contribution is 7.00. The number of fused-ring (bicyclic) bond motifs is 4. The van der Waals surface area contributed by atoms with E-state index in [0.717, 1.165) is 16.8 Å². The van der Waals surface area contributed by atoms with E-state index in [4.69, 9.17) is 0 Å². The highest BCUT2D eigenvalue weighted by Gasteiger charge is 2.44. The van der Waals surface area contributed by atoms with E-state index in [1.165, 1.54) is 67.1 Å². The second-order valence-corrected chi connectivity index (χ2v) is 16.7. The average molecular weight is 701 g/mol. The predicted octanol–water partition coefficient (Wildman–Crippen LogP) is 12.2. The molecule has 0 amide bonds. The summed E-state index contributed by atoms with van der Waals surface area (Å²) < 4.78 is 0. The molecule has 3 heteroatoms. The van der Waals surface area contributed by atoms with Crippen molar-refractivity contribution in [3.05, 3.63) is 181 Å². The Hall–Kier alpha value is -5.80. The number of hydrogen-bond acceptors (Lipinski definition) is 2. The van der Waals surface area contributed by atoms with Gasteiger partial charge < -0.3 is 9.80 Å². The van der Waals surface area contributed by atoms with Gasteiger partial charge in [0.15, 0.2) is 0 Å². The SMILES string of the molecule is C=C(/C=C\C=C/C)c1ccccc1N1c2cc(C(C)(C)C)ccc2B2c3ccc(C(C)(C)C)cc3N(c3ccccc3-c3ccccc3)c3cccc1c32. The van der Waals surface area contributed by atoms with Crippen molar-refractivity contribution in [2.45, 2.75) is 59.3 Å². The van der Waals surface area contributed by atoms with Crippen molar-refractivity contribution in [3.8, 4) is 11.1 Å². The highest BCUT2D eigenvalue weighted by Crippen LogP contribution is 2.48. The molecule has 6 aromatic carbocycles. The van der Waals surface area contributed by atoms with E-state index in [-0.39, 0.29) is 17.5 Å². The molecule has 0 N–H and O–H groups in total. The van der Waals surface area contributed by atoms with Crippen LogP contribution in [0.4, 0.5) is 34.1 Å². The third-order valence-electron chi connectivity index (χ3n) is 11.0. The maximum absolute atomic E-state index is 4.57. The first-order valence-electron chi connectivity index (χ1n) is 19.2. The molecule has 0 atom stereocenters. The lowest BCUT2D eigenvalue weighted by Crippen LogP contribution is -2.61. The Morgan fingerprint density at radius 2 is 1.06 bits per heavy atom. The molecule has 266 valence electrons. The fourth-order valence-corrected chi connectivity index (χ4v) is 8.22. The van der Waals surface area contributed by atoms with Gasteiger partial charge in [-0.1, -0.05) is 169 Å². The van der Waals surface area contributed by atoms with Gasteiger partial charge in [-0.15, -0.1) is 0 Å². The number of hydrogen-bond donors (Lipinski definition) is 0. The molecule has 6 aromatic rings. The standard InChI is InChI=1S/C51H49BN2/c1-9-10-12-20-35(2)39-23-15-17-25-43(39)53-45-27-19-28-46-49(45)52(41-31-29-37(33-47(41)53)50(3,4)5)42-32-30-38(51(6,7)8)34-48(42)54(46)44-26-18-16-24-40(44)36-21-13-11-14-22-36/h9-34H,2H2,1,3-8H3/b10-9-,20-12-. The number of para-hydroxylation sites is 2. The van der Waals surface area contributed by atoms with Gasteiger partial charge in [0.25, 0.3) is 6.71 Å². The molecule has 0 spiro atoms. The molecule has 0 saturated heterocycles. The highest BCUT2D eigenvalue weighted by atomic mass is 15.2. The molecule has 54 heavy (non-hydrogen) atoms. The maximum atomic E-state index is 4.57. The van der Waals surface area contributed by atoms with E-state index in [1.807, 2.05) is 13.0 Å². The van der Waals surface area contributed by atoms with E-state index >= 15 is 0 Å². The van der Waals surface area contributed by atoms with Crippen molar-refractivity contribution in [2.24, 2.45) is 0 Å². The Bertz CT molecular complexity index is 2460. The summed E-state index contributed by atoms with van der Waals surface area (Å²) >= 11 is 0. The van der Waals surface area contributed by atoms with Crippen LogP contribution in [0.1, 0.15) is 65.2 Å². The van der Waals surface area contributed by atoms with E-state index in [9.17, 15) is 0 Å². The summed E-state index contributed by atoms with van der Waals surface area (Å²) in [6.45, 7) is 20.5. The Kier molecular flexibility index (Phi) is 8.85. The van der Waals surface area contributed by atoms with Crippen LogP contribution < -0.4 is 26.2 Å². The average Bonchev–Trinajstić information content (AvgIpc) is 3.17. The Balaban J connectivity index is 1.46. The number of allylic oxidation sites excluding steroid dienone is 5. The van der Waals surface area contributed by atoms with Gasteiger partial charge in [0, 0.05) is 33.9 Å². The van der Waals surface area contributed by atoms with Crippen LogP contribution in [0, 0.1) is 0 Å². The maximum Gasteiger partial charge on any atom is 0.252 e. The smallest absolute Gasteiger partial charge is 0.252 e. The first kappa shape index (κ1) is 35.2. The molecule has 2 heterocycles. The summed E-state index contributed by atoms with van der Waals surface area (Å²) in [5.74, 6) is 0. The summed E-state index contributed by atoms with van der Waals surface area (Å²) in [6, 6.07) is 49.8. The number of benzene rings is 6. The van der Waals surface area contributed by atoms with Gasteiger partial charge in [-0.05, 0) is 92.8 Å². The van der Waals surface area contributed by atoms with Crippen LogP contribution in [0.15, 0.2) is 164 Å². The fourth-order valence-electron chi connectivity index (χ4n) is 8.22. The second-order valence-electron chi connectivity index (χ2n) is 16.7. The third kappa shape index (κ3) is 6.02. The van der Waals surface area contributed by atoms with E-state index in [0.29, 0.717) is 0 Å². The topological polar surface area (TPSA) is 6.48 Å². The summed E-state index contributed by atoms with van der Waals surface area (Å²) in [5, 5.41) is 0. The fraction of sp³-hybridized carbons (Fsp3) is 0.176. The van der Waals surface area contributed by atoms with Crippen molar-refractivity contribution in [1.29, 1.82) is 0 Å². The predicted molar refractivity (Wildman–Crippen MR) is 236 cm³/mol. The normalized spacial score (nSPS) is 13.6. The van der Waals surface area contributed by atoms with Crippen LogP contribution in [0.25, 0.3) is 16.7 Å². The molecule has 2 aliphatic rings. The summed E-state index contributed by atoms with van der Waals surface area (Å²) in [7, 11) is 0. The Labute approximate surface area is 322 Å². The summed E-state index contributed by atoms with van der Waals surface area (Å²) in [4.78, 5) is 5.05. The van der Waals surface area contributed by atoms with E-state index in [1.54, 1.807) is 0 Å². The zero-order valence-corrected chi connectivity index (χ0v) is 32.7. The van der Waals surface area contributed by atoms with E-state index in [2.05, 4.69) is 210 Å². The number of rotatable bonds is 6. The zero-order valence-electron chi connectivity index (χ0n) is 32.7. The minimum Gasteiger partial charge on any atom is -0.311 e. The molecular weight excluding hydrogens is 651 g/mol. The van der Waals surface area contributed by atoms with Crippen molar-refractivity contribution in [2.75, 3.05) is 9.80 Å². The molecule has 0 aromatic heterocycles. The number of nitrogens with zero attached hydrogens (tertiary/aromatic N) is 2. The van der Waals surface area contributed by atoms with Gasteiger partial charge in [0.2, 0.25) is 0 Å². The first-order chi connectivity index (χ1) is 26.0. The van der Waals surface area contributed by atoms with Crippen LogP contribution in [0.2, 0.25) is 0 Å². The molecule has 2 nitrogen and oxygen atoms in total. The summed E-state index contributed by atoms with van der Waals surface area (Å²) in [6.07, 6.45) is 8.29. The molecule has 0 fully saturated rings. The molecule has 8 rings (SSSR count). The molecular formula is C51H49BN2. The monoisotopic (exact) mass is 700 g/mol. The lowest BCUT2D eigenvalue weighted by molar-refractivity contribution is 0.590. The molecule has 0 radical (unpaired) electrons. The summed E-state index contributed by atoms with van der Waals surface area (Å²) in [5.41, 5.74) is 18.2. The lowest BCUT2D eigenvalue weighted by Gasteiger charge is -2.45. The quantitative estimate of drug-likeness (QED) is 0.126. The van der Waals surface area contributed by atoms with Crippen LogP contribution in [-0.2, 0) is 10.8 Å². The minimum atomic E-state index is -0.0226. The Morgan fingerprint density at radius 3 is 1.65 bits per heavy atom. The van der Waals surface area contributed by atoms with Gasteiger partial charge in [-0.2, -0.15) is 0 Å². The van der Waals surface area contributed by atoms with Crippen molar-refractivity contribution < 1.29 is 0 Å². The van der Waals surface area contributed by atoms with Crippen LogP contribution >= 0.6 is 0 Å². The molecule has 0 saturated carbocycles. The largest absolute Gasteiger partial charge is 0.311 e. The van der Waals surface area contributed by atoms with Gasteiger partial charge >= 0.3 is 0 Å².